The zero-order valence-corrected chi connectivity index (χ0v) is 11.8. The average Bonchev–Trinajstić information content (AvgIpc) is 2.04. The second-order valence-corrected chi connectivity index (χ2v) is 22.8. The largest absolute Gasteiger partial charge is 0.382 e. The monoisotopic (exact) mass is 216 g/mol. The van der Waals surface area contributed by atoms with Gasteiger partial charge in [-0.2, -0.15) is 0 Å². The summed E-state index contributed by atoms with van der Waals surface area (Å²) in [6.45, 7) is 13.6. The molecule has 0 aromatic carbocycles. The molecule has 0 aromatic rings. The van der Waals surface area contributed by atoms with Crippen LogP contribution in [0.4, 0.5) is 0 Å². The van der Waals surface area contributed by atoms with Crippen molar-refractivity contribution in [1.82, 2.24) is 0 Å². The maximum atomic E-state index is 5.97. The molecule has 13 heavy (non-hydrogen) atoms. The van der Waals surface area contributed by atoms with Crippen LogP contribution in [0.15, 0.2) is 0 Å². The molecule has 0 aliphatic carbocycles. The Bertz CT molecular complexity index is 166. The Morgan fingerprint density at radius 1 is 1.00 bits per heavy atom. The van der Waals surface area contributed by atoms with Crippen LogP contribution in [-0.4, -0.2) is 27.5 Å². The highest BCUT2D eigenvalue weighted by atomic mass is 29.3. The normalized spacial score (nSPS) is 26.1. The molecular formula is C10H24OSi2. The Morgan fingerprint density at radius 3 is 2.00 bits per heavy atom. The molecule has 0 spiro atoms. The lowest BCUT2D eigenvalue weighted by Crippen LogP contribution is -2.62. The summed E-state index contributed by atoms with van der Waals surface area (Å²) in [5, 5.41) is 0. The molecule has 0 radical (unpaired) electrons. The first-order valence-electron chi connectivity index (χ1n) is 5.47. The molecule has 1 atom stereocenters. The van der Waals surface area contributed by atoms with Gasteiger partial charge in [-0.25, -0.2) is 0 Å². The molecule has 3 heteroatoms. The molecular weight excluding hydrogens is 192 g/mol. The molecule has 1 unspecified atom stereocenters. The first-order valence-corrected chi connectivity index (χ1v) is 13.0. The van der Waals surface area contributed by atoms with Crippen molar-refractivity contribution in [3.8, 4) is 0 Å². The second-order valence-electron chi connectivity index (χ2n) is 5.83. The van der Waals surface area contributed by atoms with Crippen molar-refractivity contribution in [2.24, 2.45) is 0 Å². The third-order valence-corrected chi connectivity index (χ3v) is 22.4. The SMILES string of the molecule is C[Si](C)(C)[Si](C)(C)C1CCCCO1. The van der Waals surface area contributed by atoms with E-state index in [4.69, 9.17) is 4.74 Å². The lowest BCUT2D eigenvalue weighted by Gasteiger charge is -2.43. The standard InChI is InChI=1S/C10H24OSi2/c1-12(2,3)13(4,5)10-8-6-7-9-11-10/h10H,6-9H2,1-5H3. The minimum absolute atomic E-state index is 0.660. The molecule has 0 N–H and O–H groups in total. The van der Waals surface area contributed by atoms with Crippen molar-refractivity contribution in [3.63, 3.8) is 0 Å². The van der Waals surface area contributed by atoms with Crippen LogP contribution in [-0.2, 0) is 4.74 Å². The number of hydrogen-bond donors (Lipinski definition) is 0. The van der Waals surface area contributed by atoms with Gasteiger partial charge < -0.3 is 4.74 Å². The first-order chi connectivity index (χ1) is 5.86. The van der Waals surface area contributed by atoms with Crippen molar-refractivity contribution < 1.29 is 4.74 Å². The van der Waals surface area contributed by atoms with Crippen LogP contribution in [0.25, 0.3) is 0 Å². The predicted molar refractivity (Wildman–Crippen MR) is 64.4 cm³/mol. The number of hydrogen-bond acceptors (Lipinski definition) is 1. The van der Waals surface area contributed by atoms with Crippen molar-refractivity contribution >= 4 is 15.2 Å². The first kappa shape index (κ1) is 11.5. The third kappa shape index (κ3) is 2.45. The highest BCUT2D eigenvalue weighted by Gasteiger charge is 2.44. The fraction of sp³-hybridized carbons (Fsp3) is 1.00. The summed E-state index contributed by atoms with van der Waals surface area (Å²) in [6.07, 6.45) is 4.02. The zero-order valence-electron chi connectivity index (χ0n) is 9.81. The third-order valence-electron chi connectivity index (χ3n) is 3.92. The smallest absolute Gasteiger partial charge is 0.0750 e. The van der Waals surface area contributed by atoms with E-state index in [0.29, 0.717) is 5.73 Å². The Morgan fingerprint density at radius 2 is 1.62 bits per heavy atom. The van der Waals surface area contributed by atoms with Gasteiger partial charge in [0.1, 0.15) is 0 Å². The van der Waals surface area contributed by atoms with Crippen molar-refractivity contribution in [1.29, 1.82) is 0 Å². The van der Waals surface area contributed by atoms with Gasteiger partial charge in [0.05, 0.1) is 7.59 Å². The molecule has 1 aliphatic heterocycles. The fourth-order valence-electron chi connectivity index (χ4n) is 1.79. The minimum Gasteiger partial charge on any atom is -0.382 e. The lowest BCUT2D eigenvalue weighted by atomic mass is 10.2. The quantitative estimate of drug-likeness (QED) is 0.644. The van der Waals surface area contributed by atoms with Crippen LogP contribution in [0.3, 0.4) is 0 Å². The molecule has 1 saturated heterocycles. The van der Waals surface area contributed by atoms with E-state index in [0.717, 1.165) is 6.61 Å². The molecule has 1 nitrogen and oxygen atoms in total. The summed E-state index contributed by atoms with van der Waals surface area (Å²) in [5.74, 6) is 0. The second kappa shape index (κ2) is 3.87. The Kier molecular flexibility index (Phi) is 3.41. The molecule has 0 amide bonds. The van der Waals surface area contributed by atoms with Crippen LogP contribution < -0.4 is 0 Å². The Labute approximate surface area is 84.7 Å². The molecule has 0 aromatic heterocycles. The van der Waals surface area contributed by atoms with E-state index in [-0.39, 0.29) is 0 Å². The van der Waals surface area contributed by atoms with Crippen LogP contribution >= 0.6 is 0 Å². The Balaban J connectivity index is 2.67. The maximum Gasteiger partial charge on any atom is 0.0750 e. The number of rotatable bonds is 2. The molecule has 0 bridgehead atoms. The highest BCUT2D eigenvalue weighted by molar-refractivity contribution is 7.40. The lowest BCUT2D eigenvalue weighted by molar-refractivity contribution is 0.0616. The van der Waals surface area contributed by atoms with Gasteiger partial charge in [0, 0.05) is 19.9 Å². The van der Waals surface area contributed by atoms with Gasteiger partial charge in [-0.3, -0.25) is 0 Å². The summed E-state index contributed by atoms with van der Waals surface area (Å²) in [4.78, 5) is 0. The van der Waals surface area contributed by atoms with Crippen molar-refractivity contribution in [2.45, 2.75) is 57.7 Å². The van der Waals surface area contributed by atoms with Crippen molar-refractivity contribution in [3.05, 3.63) is 0 Å². The van der Waals surface area contributed by atoms with Gasteiger partial charge in [0.25, 0.3) is 0 Å². The van der Waals surface area contributed by atoms with Crippen LogP contribution in [0.5, 0.6) is 0 Å². The van der Waals surface area contributed by atoms with E-state index in [1.807, 2.05) is 0 Å². The molecule has 1 heterocycles. The van der Waals surface area contributed by atoms with E-state index < -0.39 is 15.2 Å². The Hall–Kier alpha value is 0.394. The summed E-state index contributed by atoms with van der Waals surface area (Å²) < 4.78 is 5.97. The number of ether oxygens (including phenoxy) is 1. The van der Waals surface area contributed by atoms with E-state index >= 15 is 0 Å². The summed E-state index contributed by atoms with van der Waals surface area (Å²) in [5.41, 5.74) is 0.660. The summed E-state index contributed by atoms with van der Waals surface area (Å²) in [7, 11) is -2.05. The van der Waals surface area contributed by atoms with E-state index in [1.54, 1.807) is 0 Å². The van der Waals surface area contributed by atoms with Gasteiger partial charge in [0.2, 0.25) is 0 Å². The van der Waals surface area contributed by atoms with Gasteiger partial charge in [-0.05, 0) is 19.3 Å². The van der Waals surface area contributed by atoms with Gasteiger partial charge in [0.15, 0.2) is 0 Å². The van der Waals surface area contributed by atoms with Crippen LogP contribution in [0.2, 0.25) is 32.7 Å². The van der Waals surface area contributed by atoms with Crippen LogP contribution in [0.1, 0.15) is 19.3 Å². The summed E-state index contributed by atoms with van der Waals surface area (Å²) in [6, 6.07) is 0. The molecule has 0 saturated carbocycles. The molecule has 1 fully saturated rings. The summed E-state index contributed by atoms with van der Waals surface area (Å²) >= 11 is 0. The van der Waals surface area contributed by atoms with E-state index in [1.165, 1.54) is 19.3 Å². The molecule has 1 aliphatic rings. The van der Waals surface area contributed by atoms with Crippen LogP contribution in [0, 0.1) is 0 Å². The topological polar surface area (TPSA) is 9.23 Å². The molecule has 78 valence electrons. The minimum atomic E-state index is -1.09. The predicted octanol–water partition coefficient (Wildman–Crippen LogP) is 3.22. The maximum absolute atomic E-state index is 5.97. The van der Waals surface area contributed by atoms with Gasteiger partial charge in [-0.1, -0.05) is 32.7 Å². The van der Waals surface area contributed by atoms with Gasteiger partial charge >= 0.3 is 0 Å². The fourth-order valence-corrected chi connectivity index (χ4v) is 7.80. The van der Waals surface area contributed by atoms with E-state index in [9.17, 15) is 0 Å². The molecule has 1 rings (SSSR count). The van der Waals surface area contributed by atoms with E-state index in [2.05, 4.69) is 32.7 Å². The zero-order chi connectivity index (χ0) is 10.1. The van der Waals surface area contributed by atoms with Crippen molar-refractivity contribution in [2.75, 3.05) is 6.61 Å². The van der Waals surface area contributed by atoms with Gasteiger partial charge in [-0.15, -0.1) is 0 Å². The highest BCUT2D eigenvalue weighted by Crippen LogP contribution is 2.29. The average molecular weight is 216 g/mol.